The Labute approximate surface area is 101 Å². The molecule has 0 amide bonds. The monoisotopic (exact) mass is 228 g/mol. The highest BCUT2D eigenvalue weighted by Crippen LogP contribution is 2.36. The van der Waals surface area contributed by atoms with Crippen molar-refractivity contribution in [2.45, 2.75) is 33.0 Å². The summed E-state index contributed by atoms with van der Waals surface area (Å²) in [7, 11) is 0. The van der Waals surface area contributed by atoms with Crippen LogP contribution in [0.1, 0.15) is 36.5 Å². The van der Waals surface area contributed by atoms with Crippen LogP contribution in [0.4, 0.5) is 0 Å². The first kappa shape index (κ1) is 10.6. The number of rotatable bonds is 1. The Morgan fingerprint density at radius 1 is 1.18 bits per heavy atom. The lowest BCUT2D eigenvalue weighted by Gasteiger charge is -2.14. The van der Waals surface area contributed by atoms with Gasteiger partial charge in [0.25, 0.3) is 0 Å². The summed E-state index contributed by atoms with van der Waals surface area (Å²) in [6, 6.07) is 7.90. The van der Waals surface area contributed by atoms with Crippen molar-refractivity contribution in [1.29, 1.82) is 0 Å². The first-order valence-electron chi connectivity index (χ1n) is 6.02. The highest BCUT2D eigenvalue weighted by molar-refractivity contribution is 5.91. The van der Waals surface area contributed by atoms with E-state index in [1.807, 2.05) is 12.1 Å². The molecular formula is C15H16O2. The molecule has 0 atom stereocenters. The zero-order valence-corrected chi connectivity index (χ0v) is 10.2. The van der Waals surface area contributed by atoms with Gasteiger partial charge in [-0.3, -0.25) is 0 Å². The molecule has 0 unspecified atom stereocenters. The highest BCUT2D eigenvalue weighted by Gasteiger charge is 2.18. The zero-order chi connectivity index (χ0) is 12.0. The van der Waals surface area contributed by atoms with Crippen LogP contribution >= 0.6 is 0 Å². The minimum Gasteiger partial charge on any atom is -0.508 e. The van der Waals surface area contributed by atoms with Crippen molar-refractivity contribution in [2.75, 3.05) is 0 Å². The molecular weight excluding hydrogens is 212 g/mol. The molecule has 2 aromatic carbocycles. The van der Waals surface area contributed by atoms with Crippen LogP contribution in [-0.4, -0.2) is 5.11 Å². The van der Waals surface area contributed by atoms with E-state index >= 15 is 0 Å². The molecule has 3 rings (SSSR count). The molecule has 0 radical (unpaired) electrons. The van der Waals surface area contributed by atoms with Gasteiger partial charge in [0.05, 0.1) is 13.2 Å². The number of hydrogen-bond acceptors (Lipinski definition) is 2. The molecule has 0 spiro atoms. The third kappa shape index (κ3) is 1.60. The van der Waals surface area contributed by atoms with Gasteiger partial charge in [0.1, 0.15) is 5.75 Å². The van der Waals surface area contributed by atoms with Crippen LogP contribution < -0.4 is 0 Å². The highest BCUT2D eigenvalue weighted by atomic mass is 16.5. The molecule has 1 N–H and O–H groups in total. The van der Waals surface area contributed by atoms with E-state index in [0.717, 1.165) is 5.39 Å². The van der Waals surface area contributed by atoms with Gasteiger partial charge in [-0.1, -0.05) is 26.0 Å². The average Bonchev–Trinajstić information content (AvgIpc) is 2.75. The molecule has 0 saturated carbocycles. The second kappa shape index (κ2) is 3.74. The van der Waals surface area contributed by atoms with Crippen molar-refractivity contribution >= 4 is 10.8 Å². The van der Waals surface area contributed by atoms with E-state index in [-0.39, 0.29) is 0 Å². The van der Waals surface area contributed by atoms with Gasteiger partial charge >= 0.3 is 0 Å². The first-order valence-corrected chi connectivity index (χ1v) is 6.02. The average molecular weight is 228 g/mol. The van der Waals surface area contributed by atoms with Crippen LogP contribution in [0.15, 0.2) is 24.3 Å². The number of aromatic hydroxyl groups is 1. The molecule has 17 heavy (non-hydrogen) atoms. The summed E-state index contributed by atoms with van der Waals surface area (Å²) in [6.07, 6.45) is 0. The lowest BCUT2D eigenvalue weighted by atomic mass is 9.91. The molecule has 0 aliphatic carbocycles. The zero-order valence-electron chi connectivity index (χ0n) is 10.2. The molecule has 1 aliphatic rings. The number of ether oxygens (including phenoxy) is 1. The van der Waals surface area contributed by atoms with Crippen LogP contribution in [-0.2, 0) is 18.0 Å². The van der Waals surface area contributed by atoms with Gasteiger partial charge in [-0.2, -0.15) is 0 Å². The van der Waals surface area contributed by atoms with Gasteiger partial charge in [-0.15, -0.1) is 0 Å². The van der Waals surface area contributed by atoms with E-state index in [0.29, 0.717) is 24.9 Å². The second-order valence-corrected chi connectivity index (χ2v) is 4.98. The molecule has 0 fully saturated rings. The largest absolute Gasteiger partial charge is 0.508 e. The second-order valence-electron chi connectivity index (χ2n) is 4.98. The van der Waals surface area contributed by atoms with Gasteiger partial charge in [0.2, 0.25) is 0 Å². The number of benzene rings is 2. The maximum absolute atomic E-state index is 9.78. The summed E-state index contributed by atoms with van der Waals surface area (Å²) >= 11 is 0. The standard InChI is InChI=1S/C15H16O2/c1-9(2)13-6-12(16)5-10-3-4-11-7-17-8-14(11)15(10)13/h3-6,9,16H,7-8H2,1-2H3. The summed E-state index contributed by atoms with van der Waals surface area (Å²) in [6.45, 7) is 5.72. The maximum Gasteiger partial charge on any atom is 0.116 e. The van der Waals surface area contributed by atoms with E-state index in [2.05, 4.69) is 26.0 Å². The Bertz CT molecular complexity index is 585. The Hall–Kier alpha value is -1.54. The predicted molar refractivity (Wildman–Crippen MR) is 68.2 cm³/mol. The van der Waals surface area contributed by atoms with Gasteiger partial charge in [0.15, 0.2) is 0 Å². The van der Waals surface area contributed by atoms with E-state index < -0.39 is 0 Å². The summed E-state index contributed by atoms with van der Waals surface area (Å²) in [5.74, 6) is 0.747. The fourth-order valence-corrected chi connectivity index (χ4v) is 2.62. The summed E-state index contributed by atoms with van der Waals surface area (Å²) in [5, 5.41) is 12.2. The quantitative estimate of drug-likeness (QED) is 0.806. The molecule has 1 aliphatic heterocycles. The SMILES string of the molecule is CC(C)c1cc(O)cc2ccc3c(c12)COC3. The Balaban J connectivity index is 2.41. The molecule has 2 nitrogen and oxygen atoms in total. The van der Waals surface area contributed by atoms with Crippen LogP contribution in [0.25, 0.3) is 10.8 Å². The van der Waals surface area contributed by atoms with Crippen molar-refractivity contribution in [2.24, 2.45) is 0 Å². The smallest absolute Gasteiger partial charge is 0.116 e. The lowest BCUT2D eigenvalue weighted by molar-refractivity contribution is 0.135. The topological polar surface area (TPSA) is 29.5 Å². The third-order valence-electron chi connectivity index (χ3n) is 3.46. The molecule has 1 heterocycles. The van der Waals surface area contributed by atoms with Crippen LogP contribution in [0.5, 0.6) is 5.75 Å². The molecule has 88 valence electrons. The van der Waals surface area contributed by atoms with E-state index in [1.165, 1.54) is 22.1 Å². The van der Waals surface area contributed by atoms with Crippen molar-refractivity contribution in [3.05, 3.63) is 41.0 Å². The third-order valence-corrected chi connectivity index (χ3v) is 3.46. The molecule has 0 aromatic heterocycles. The maximum atomic E-state index is 9.78. The van der Waals surface area contributed by atoms with E-state index in [1.54, 1.807) is 0 Å². The van der Waals surface area contributed by atoms with Gasteiger partial charge in [0, 0.05) is 0 Å². The van der Waals surface area contributed by atoms with Crippen molar-refractivity contribution in [1.82, 2.24) is 0 Å². The number of phenolic OH excluding ortho intramolecular Hbond substituents is 1. The van der Waals surface area contributed by atoms with Crippen LogP contribution in [0, 0.1) is 0 Å². The lowest BCUT2D eigenvalue weighted by Crippen LogP contribution is -1.94. The van der Waals surface area contributed by atoms with Crippen molar-refractivity contribution in [3.63, 3.8) is 0 Å². The molecule has 0 bridgehead atoms. The van der Waals surface area contributed by atoms with Gasteiger partial charge in [-0.05, 0) is 45.5 Å². The van der Waals surface area contributed by atoms with Crippen LogP contribution in [0.2, 0.25) is 0 Å². The van der Waals surface area contributed by atoms with E-state index in [4.69, 9.17) is 4.74 Å². The number of fused-ring (bicyclic) bond motifs is 3. The summed E-state index contributed by atoms with van der Waals surface area (Å²) in [4.78, 5) is 0. The fourth-order valence-electron chi connectivity index (χ4n) is 2.62. The van der Waals surface area contributed by atoms with Crippen molar-refractivity contribution < 1.29 is 9.84 Å². The first-order chi connectivity index (χ1) is 8.16. The number of hydrogen-bond donors (Lipinski definition) is 1. The Kier molecular flexibility index (Phi) is 2.33. The fraction of sp³-hybridized carbons (Fsp3) is 0.333. The minimum absolute atomic E-state index is 0.347. The molecule has 0 saturated heterocycles. The normalized spacial score (nSPS) is 14.5. The minimum atomic E-state index is 0.347. The van der Waals surface area contributed by atoms with E-state index in [9.17, 15) is 5.11 Å². The Morgan fingerprint density at radius 3 is 2.76 bits per heavy atom. The summed E-state index contributed by atoms with van der Waals surface area (Å²) in [5.41, 5.74) is 3.79. The van der Waals surface area contributed by atoms with Crippen molar-refractivity contribution in [3.8, 4) is 5.75 Å². The predicted octanol–water partition coefficient (Wildman–Crippen LogP) is 3.70. The van der Waals surface area contributed by atoms with Gasteiger partial charge in [-0.25, -0.2) is 0 Å². The molecule has 2 aromatic rings. The Morgan fingerprint density at radius 2 is 2.00 bits per heavy atom. The van der Waals surface area contributed by atoms with Crippen LogP contribution in [0.3, 0.4) is 0 Å². The molecule has 2 heteroatoms. The van der Waals surface area contributed by atoms with Gasteiger partial charge < -0.3 is 9.84 Å². The summed E-state index contributed by atoms with van der Waals surface area (Å²) < 4.78 is 5.53. The number of phenols is 1.